The van der Waals surface area contributed by atoms with Crippen LogP contribution < -0.4 is 4.72 Å². The number of aromatic nitrogens is 3. The third-order valence-corrected chi connectivity index (χ3v) is 6.67. The van der Waals surface area contributed by atoms with Gasteiger partial charge < -0.3 is 0 Å². The summed E-state index contributed by atoms with van der Waals surface area (Å²) in [6, 6.07) is 5.42. The molecule has 1 N–H and O–H groups in total. The molecule has 3 aromatic rings. The maximum atomic E-state index is 12.4. The Balaban J connectivity index is 1.74. The first-order chi connectivity index (χ1) is 11.5. The average Bonchev–Trinajstić information content (AvgIpc) is 3.22. The molecule has 0 aromatic carbocycles. The summed E-state index contributed by atoms with van der Waals surface area (Å²) in [4.78, 5) is 5.24. The topological polar surface area (TPSA) is 76.9 Å². The summed E-state index contributed by atoms with van der Waals surface area (Å²) in [5, 5.41) is 4.14. The van der Waals surface area contributed by atoms with E-state index in [1.54, 1.807) is 29.3 Å². The number of thiophene rings is 1. The zero-order valence-corrected chi connectivity index (χ0v) is 15.1. The van der Waals surface area contributed by atoms with Gasteiger partial charge in [0.05, 0.1) is 6.20 Å². The highest BCUT2D eigenvalue weighted by atomic mass is 32.2. The molecule has 0 spiro atoms. The number of rotatable bonds is 6. The van der Waals surface area contributed by atoms with Gasteiger partial charge in [-0.2, -0.15) is 5.10 Å². The van der Waals surface area contributed by atoms with E-state index in [-0.39, 0.29) is 6.54 Å². The fourth-order valence-electron chi connectivity index (χ4n) is 2.25. The molecule has 0 bridgehead atoms. The summed E-state index contributed by atoms with van der Waals surface area (Å²) in [5.41, 5.74) is 2.65. The van der Waals surface area contributed by atoms with Crippen molar-refractivity contribution in [1.82, 2.24) is 19.5 Å². The molecular weight excluding hydrogens is 344 g/mol. The van der Waals surface area contributed by atoms with Crippen molar-refractivity contribution in [3.8, 4) is 11.1 Å². The minimum atomic E-state index is -3.50. The van der Waals surface area contributed by atoms with E-state index in [4.69, 9.17) is 0 Å². The van der Waals surface area contributed by atoms with E-state index in [1.807, 2.05) is 32.3 Å². The highest BCUT2D eigenvalue weighted by Gasteiger charge is 2.16. The average molecular weight is 362 g/mol. The van der Waals surface area contributed by atoms with Gasteiger partial charge in [-0.3, -0.25) is 9.67 Å². The Morgan fingerprint density at radius 2 is 2.04 bits per heavy atom. The third-order valence-electron chi connectivity index (χ3n) is 3.55. The molecule has 0 fully saturated rings. The Morgan fingerprint density at radius 1 is 1.21 bits per heavy atom. The van der Waals surface area contributed by atoms with Crippen molar-refractivity contribution in [3.05, 3.63) is 53.4 Å². The number of hydrogen-bond donors (Lipinski definition) is 1. The molecule has 8 heteroatoms. The smallest absolute Gasteiger partial charge is 0.250 e. The summed E-state index contributed by atoms with van der Waals surface area (Å²) in [5.74, 6) is 0. The lowest BCUT2D eigenvalue weighted by atomic mass is 10.1. The monoisotopic (exact) mass is 362 g/mol. The van der Waals surface area contributed by atoms with Crippen LogP contribution in [0.25, 0.3) is 11.1 Å². The van der Waals surface area contributed by atoms with E-state index in [9.17, 15) is 8.42 Å². The van der Waals surface area contributed by atoms with Gasteiger partial charge in [-0.25, -0.2) is 13.1 Å². The maximum Gasteiger partial charge on any atom is 0.250 e. The number of aryl methyl sites for hydroxylation is 2. The summed E-state index contributed by atoms with van der Waals surface area (Å²) in [7, 11) is -1.65. The first-order valence-corrected chi connectivity index (χ1v) is 9.79. The van der Waals surface area contributed by atoms with Crippen molar-refractivity contribution in [2.24, 2.45) is 7.05 Å². The standard InChI is InChI=1S/C16H18N4O2S2/c1-3-15-4-5-16(23-15)24(21,22)19-8-12-6-13(9-17-7-12)14-10-18-20(2)11-14/h4-7,9-11,19H,3,8H2,1-2H3. The van der Waals surface area contributed by atoms with Gasteiger partial charge in [0.1, 0.15) is 4.21 Å². The number of nitrogens with zero attached hydrogens (tertiary/aromatic N) is 3. The lowest BCUT2D eigenvalue weighted by Gasteiger charge is -2.06. The normalized spacial score (nSPS) is 11.8. The lowest BCUT2D eigenvalue weighted by Crippen LogP contribution is -2.22. The third kappa shape index (κ3) is 3.72. The van der Waals surface area contributed by atoms with Crippen LogP contribution in [0.3, 0.4) is 0 Å². The summed E-state index contributed by atoms with van der Waals surface area (Å²) in [6.07, 6.45) is 7.87. The van der Waals surface area contributed by atoms with E-state index in [2.05, 4.69) is 14.8 Å². The van der Waals surface area contributed by atoms with Gasteiger partial charge in [0, 0.05) is 48.2 Å². The molecule has 0 aliphatic heterocycles. The van der Waals surface area contributed by atoms with Gasteiger partial charge in [0.25, 0.3) is 0 Å². The largest absolute Gasteiger partial charge is 0.275 e. The van der Waals surface area contributed by atoms with Crippen LogP contribution in [0, 0.1) is 0 Å². The molecule has 0 radical (unpaired) electrons. The summed E-state index contributed by atoms with van der Waals surface area (Å²) in [6.45, 7) is 2.20. The second-order valence-corrected chi connectivity index (χ2v) is 8.55. The number of pyridine rings is 1. The second-order valence-electron chi connectivity index (χ2n) is 5.38. The van der Waals surface area contributed by atoms with Gasteiger partial charge in [-0.1, -0.05) is 6.92 Å². The molecule has 0 saturated carbocycles. The van der Waals surface area contributed by atoms with Crippen LogP contribution in [0.5, 0.6) is 0 Å². The molecule has 3 aromatic heterocycles. The Bertz CT molecular complexity index is 944. The quantitative estimate of drug-likeness (QED) is 0.731. The molecule has 0 aliphatic rings. The van der Waals surface area contributed by atoms with Gasteiger partial charge in [0.15, 0.2) is 0 Å². The zero-order valence-electron chi connectivity index (χ0n) is 13.4. The van der Waals surface area contributed by atoms with E-state index < -0.39 is 10.0 Å². The molecule has 3 heterocycles. The van der Waals surface area contributed by atoms with Gasteiger partial charge in [-0.05, 0) is 30.2 Å². The van der Waals surface area contributed by atoms with Crippen LogP contribution in [0.15, 0.2) is 47.2 Å². The molecule has 6 nitrogen and oxygen atoms in total. The fraction of sp³-hybridized carbons (Fsp3) is 0.250. The second kappa shape index (κ2) is 6.84. The van der Waals surface area contributed by atoms with Gasteiger partial charge >= 0.3 is 0 Å². The molecule has 0 amide bonds. The first-order valence-electron chi connectivity index (χ1n) is 7.49. The Morgan fingerprint density at radius 3 is 2.71 bits per heavy atom. The zero-order chi connectivity index (χ0) is 17.2. The Kier molecular flexibility index (Phi) is 4.79. The number of hydrogen-bond acceptors (Lipinski definition) is 5. The molecule has 0 saturated heterocycles. The number of sulfonamides is 1. The van der Waals surface area contributed by atoms with Crippen LogP contribution in [-0.4, -0.2) is 23.2 Å². The van der Waals surface area contributed by atoms with Crippen LogP contribution in [0.2, 0.25) is 0 Å². The first kappa shape index (κ1) is 16.8. The number of nitrogens with one attached hydrogen (secondary N) is 1. The highest BCUT2D eigenvalue weighted by Crippen LogP contribution is 2.22. The summed E-state index contributed by atoms with van der Waals surface area (Å²) >= 11 is 1.30. The molecule has 3 rings (SSSR count). The van der Waals surface area contributed by atoms with Crippen LogP contribution >= 0.6 is 11.3 Å². The van der Waals surface area contributed by atoms with E-state index in [0.29, 0.717) is 4.21 Å². The van der Waals surface area contributed by atoms with Crippen LogP contribution in [0.1, 0.15) is 17.4 Å². The van der Waals surface area contributed by atoms with E-state index >= 15 is 0 Å². The van der Waals surface area contributed by atoms with Crippen molar-refractivity contribution >= 4 is 21.4 Å². The van der Waals surface area contributed by atoms with Crippen molar-refractivity contribution in [2.45, 2.75) is 24.1 Å². The van der Waals surface area contributed by atoms with Crippen molar-refractivity contribution in [2.75, 3.05) is 0 Å². The molecular formula is C16H18N4O2S2. The lowest BCUT2D eigenvalue weighted by molar-refractivity contribution is 0.583. The Hall–Kier alpha value is -2.03. The highest BCUT2D eigenvalue weighted by molar-refractivity contribution is 7.91. The van der Waals surface area contributed by atoms with E-state index in [0.717, 1.165) is 28.0 Å². The maximum absolute atomic E-state index is 12.4. The molecule has 0 atom stereocenters. The molecule has 0 unspecified atom stereocenters. The predicted molar refractivity (Wildman–Crippen MR) is 94.2 cm³/mol. The van der Waals surface area contributed by atoms with Gasteiger partial charge in [0.2, 0.25) is 10.0 Å². The van der Waals surface area contributed by atoms with Crippen LogP contribution in [-0.2, 0) is 30.0 Å². The molecule has 126 valence electrons. The minimum Gasteiger partial charge on any atom is -0.275 e. The minimum absolute atomic E-state index is 0.197. The predicted octanol–water partition coefficient (Wildman–Crippen LogP) is 2.58. The van der Waals surface area contributed by atoms with Crippen molar-refractivity contribution in [3.63, 3.8) is 0 Å². The SMILES string of the molecule is CCc1ccc(S(=O)(=O)NCc2cncc(-c3cnn(C)c3)c2)s1. The van der Waals surface area contributed by atoms with Crippen molar-refractivity contribution in [1.29, 1.82) is 0 Å². The molecule has 24 heavy (non-hydrogen) atoms. The summed E-state index contributed by atoms with van der Waals surface area (Å²) < 4.78 is 29.4. The van der Waals surface area contributed by atoms with Crippen LogP contribution in [0.4, 0.5) is 0 Å². The fourth-order valence-corrected chi connectivity index (χ4v) is 4.61. The molecule has 0 aliphatic carbocycles. The van der Waals surface area contributed by atoms with E-state index in [1.165, 1.54) is 11.3 Å². The van der Waals surface area contributed by atoms with Crippen molar-refractivity contribution < 1.29 is 8.42 Å². The Labute approximate surface area is 145 Å². The van der Waals surface area contributed by atoms with Gasteiger partial charge in [-0.15, -0.1) is 11.3 Å².